The second-order valence-corrected chi connectivity index (χ2v) is 6.00. The van der Waals surface area contributed by atoms with Crippen LogP contribution in [0.4, 0.5) is 0 Å². The molecule has 0 aromatic heterocycles. The third-order valence-corrected chi connectivity index (χ3v) is 3.54. The van der Waals surface area contributed by atoms with Gasteiger partial charge in [0.05, 0.1) is 0 Å². The van der Waals surface area contributed by atoms with E-state index in [0.717, 1.165) is 64.2 Å². The van der Waals surface area contributed by atoms with E-state index in [2.05, 4.69) is 57.5 Å². The standard InChI is InChI=1S/C22H27BrO2.K/c23-21-19-17-15-13-11-9-7-5-3-1-2-4-6-8-10-12-14-16-18-20-22(24)25;/h11,13,19,21H,3,5,7-10,12,14,16,18,20H2,(H,24,25);/q;+1/p-1/b13-11+,21-19+;. The molecule has 0 aliphatic rings. The van der Waals surface area contributed by atoms with Gasteiger partial charge in [-0.15, -0.1) is 0 Å². The third kappa shape index (κ3) is 26.0. The van der Waals surface area contributed by atoms with Gasteiger partial charge in [-0.3, -0.25) is 0 Å². The van der Waals surface area contributed by atoms with Gasteiger partial charge in [0.25, 0.3) is 0 Å². The Morgan fingerprint density at radius 2 is 1.42 bits per heavy atom. The van der Waals surface area contributed by atoms with Crippen LogP contribution in [0.2, 0.25) is 0 Å². The maximum Gasteiger partial charge on any atom is 1.00 e. The molecule has 0 atom stereocenters. The molecule has 0 heterocycles. The maximum absolute atomic E-state index is 10.2. The number of carbonyl (C=O) groups is 1. The molecule has 134 valence electrons. The van der Waals surface area contributed by atoms with E-state index in [-0.39, 0.29) is 57.8 Å². The molecule has 0 amide bonds. The van der Waals surface area contributed by atoms with E-state index in [9.17, 15) is 9.90 Å². The predicted molar refractivity (Wildman–Crippen MR) is 106 cm³/mol. The van der Waals surface area contributed by atoms with Crippen LogP contribution in [0.25, 0.3) is 0 Å². The molecule has 0 aliphatic carbocycles. The van der Waals surface area contributed by atoms with Crippen LogP contribution in [0.1, 0.15) is 70.6 Å². The monoisotopic (exact) mass is 440 g/mol. The van der Waals surface area contributed by atoms with Crippen LogP contribution in [0.15, 0.2) is 23.2 Å². The molecule has 4 heteroatoms. The summed E-state index contributed by atoms with van der Waals surface area (Å²) in [5.74, 6) is 16.8. The second-order valence-electron chi connectivity index (χ2n) is 5.47. The number of hydrogen-bond acceptors (Lipinski definition) is 2. The first-order valence-electron chi connectivity index (χ1n) is 8.84. The molecule has 0 bridgehead atoms. The van der Waals surface area contributed by atoms with E-state index >= 15 is 0 Å². The molecular weight excluding hydrogens is 415 g/mol. The van der Waals surface area contributed by atoms with Crippen LogP contribution in [0.5, 0.6) is 0 Å². The fourth-order valence-corrected chi connectivity index (χ4v) is 2.10. The van der Waals surface area contributed by atoms with E-state index < -0.39 is 5.97 Å². The largest absolute Gasteiger partial charge is 1.00 e. The molecule has 0 aromatic carbocycles. The summed E-state index contributed by atoms with van der Waals surface area (Å²) in [6, 6.07) is 0. The molecule has 0 saturated carbocycles. The van der Waals surface area contributed by atoms with Gasteiger partial charge >= 0.3 is 51.4 Å². The van der Waals surface area contributed by atoms with Crippen LogP contribution in [-0.2, 0) is 4.79 Å². The van der Waals surface area contributed by atoms with Crippen molar-refractivity contribution in [2.24, 2.45) is 0 Å². The zero-order valence-electron chi connectivity index (χ0n) is 15.8. The number of carboxylic acid groups (broad SMARTS) is 1. The smallest absolute Gasteiger partial charge is 0.550 e. The topological polar surface area (TPSA) is 40.1 Å². The van der Waals surface area contributed by atoms with Crippen molar-refractivity contribution in [2.45, 2.75) is 70.6 Å². The Labute approximate surface area is 210 Å². The summed E-state index contributed by atoms with van der Waals surface area (Å²) in [4.78, 5) is 12.0. The predicted octanol–water partition coefficient (Wildman–Crippen LogP) is 1.51. The van der Waals surface area contributed by atoms with E-state index in [1.807, 2.05) is 6.08 Å². The summed E-state index contributed by atoms with van der Waals surface area (Å²) in [5.41, 5.74) is 0. The van der Waals surface area contributed by atoms with Gasteiger partial charge in [0.1, 0.15) is 0 Å². The minimum atomic E-state index is -0.950. The molecule has 0 N–H and O–H groups in total. The van der Waals surface area contributed by atoms with Crippen LogP contribution in [-0.4, -0.2) is 5.97 Å². The van der Waals surface area contributed by atoms with Gasteiger partial charge in [-0.25, -0.2) is 0 Å². The summed E-state index contributed by atoms with van der Waals surface area (Å²) < 4.78 is 0. The van der Waals surface area contributed by atoms with Crippen LogP contribution >= 0.6 is 15.9 Å². The van der Waals surface area contributed by atoms with E-state index in [1.54, 1.807) is 11.1 Å². The number of aliphatic carboxylic acids is 1. The maximum atomic E-state index is 10.2. The first-order chi connectivity index (χ1) is 12.3. The summed E-state index contributed by atoms with van der Waals surface area (Å²) in [7, 11) is 0. The van der Waals surface area contributed by atoms with Crippen molar-refractivity contribution in [2.75, 3.05) is 0 Å². The number of rotatable bonds is 11. The molecule has 0 fully saturated rings. The fraction of sp³-hybridized carbons (Fsp3) is 0.500. The molecule has 2 nitrogen and oxygen atoms in total. The SMILES string of the molecule is O=C([O-])CCCCCCCC#CC#CCCCC/C=C/C#C/C=C/Br.[K+]. The van der Waals surface area contributed by atoms with Gasteiger partial charge < -0.3 is 9.90 Å². The first-order valence-corrected chi connectivity index (χ1v) is 9.76. The van der Waals surface area contributed by atoms with Gasteiger partial charge in [-0.2, -0.15) is 0 Å². The van der Waals surface area contributed by atoms with Crippen molar-refractivity contribution < 1.29 is 61.3 Å². The number of halogens is 1. The number of unbranched alkanes of at least 4 members (excludes halogenated alkanes) is 8. The summed E-state index contributed by atoms with van der Waals surface area (Å²) >= 11 is 3.16. The van der Waals surface area contributed by atoms with E-state index in [0.29, 0.717) is 0 Å². The molecule has 0 aromatic rings. The zero-order chi connectivity index (χ0) is 18.4. The van der Waals surface area contributed by atoms with Gasteiger partial charge in [-0.05, 0) is 67.5 Å². The Morgan fingerprint density at radius 3 is 2.08 bits per heavy atom. The molecule has 0 radical (unpaired) electrons. The van der Waals surface area contributed by atoms with Crippen LogP contribution in [0.3, 0.4) is 0 Å². The van der Waals surface area contributed by atoms with Crippen molar-refractivity contribution in [1.82, 2.24) is 0 Å². The first kappa shape index (κ1) is 28.0. The molecular formula is C22H26BrKO2. The summed E-state index contributed by atoms with van der Waals surface area (Å²) in [6.45, 7) is 0. The second kappa shape index (κ2) is 24.7. The van der Waals surface area contributed by atoms with Crippen molar-refractivity contribution in [3.63, 3.8) is 0 Å². The quantitative estimate of drug-likeness (QED) is 0.277. The molecule has 0 spiro atoms. The Bertz CT molecular complexity index is 589. The molecule has 0 saturated heterocycles. The number of hydrogen-bond donors (Lipinski definition) is 0. The van der Waals surface area contributed by atoms with E-state index in [4.69, 9.17) is 0 Å². The molecule has 0 rings (SSSR count). The molecule has 26 heavy (non-hydrogen) atoms. The van der Waals surface area contributed by atoms with Crippen molar-refractivity contribution in [3.8, 4) is 35.5 Å². The van der Waals surface area contributed by atoms with Crippen LogP contribution < -0.4 is 56.5 Å². The van der Waals surface area contributed by atoms with E-state index in [1.165, 1.54) is 0 Å². The van der Waals surface area contributed by atoms with Crippen LogP contribution in [0, 0.1) is 35.5 Å². The Kier molecular flexibility index (Phi) is 26.6. The Morgan fingerprint density at radius 1 is 0.846 bits per heavy atom. The average molecular weight is 441 g/mol. The Hall–Kier alpha value is -0.254. The minimum Gasteiger partial charge on any atom is -0.550 e. The number of carbonyl (C=O) groups excluding carboxylic acids is 1. The third-order valence-electron chi connectivity index (χ3n) is 3.28. The van der Waals surface area contributed by atoms with Crippen molar-refractivity contribution >= 4 is 21.9 Å². The normalized spacial score (nSPS) is 9.42. The van der Waals surface area contributed by atoms with Crippen molar-refractivity contribution in [1.29, 1.82) is 0 Å². The summed E-state index contributed by atoms with van der Waals surface area (Å²) in [5, 5.41) is 10.2. The number of allylic oxidation sites excluding steroid dienone is 3. The molecule has 0 unspecified atom stereocenters. The van der Waals surface area contributed by atoms with Gasteiger partial charge in [0, 0.05) is 18.8 Å². The molecule has 0 aliphatic heterocycles. The van der Waals surface area contributed by atoms with Gasteiger partial charge in [0.2, 0.25) is 0 Å². The van der Waals surface area contributed by atoms with Gasteiger partial charge in [-0.1, -0.05) is 65.0 Å². The minimum absolute atomic E-state index is 0. The summed E-state index contributed by atoms with van der Waals surface area (Å²) in [6.07, 6.45) is 15.8. The van der Waals surface area contributed by atoms with Gasteiger partial charge in [0.15, 0.2) is 0 Å². The Balaban J connectivity index is 0. The number of carboxylic acids is 1. The van der Waals surface area contributed by atoms with Crippen molar-refractivity contribution in [3.05, 3.63) is 23.2 Å². The zero-order valence-corrected chi connectivity index (χ0v) is 20.5. The fourth-order valence-electron chi connectivity index (χ4n) is 1.97. The average Bonchev–Trinajstić information content (AvgIpc) is 2.60.